The molecule has 1 aliphatic heterocycles. The number of amides is 1. The Morgan fingerprint density at radius 2 is 2.23 bits per heavy atom. The van der Waals surface area contributed by atoms with Crippen LogP contribution in [0.5, 0.6) is 0 Å². The van der Waals surface area contributed by atoms with Crippen molar-refractivity contribution in [3.63, 3.8) is 0 Å². The molecule has 2 aliphatic carbocycles. The second-order valence-corrected chi connectivity index (χ2v) is 9.17. The summed E-state index contributed by atoms with van der Waals surface area (Å²) in [7, 11) is 0. The molecule has 2 heterocycles. The van der Waals surface area contributed by atoms with Gasteiger partial charge in [-0.05, 0) is 55.4 Å². The van der Waals surface area contributed by atoms with Gasteiger partial charge in [-0.15, -0.1) is 5.10 Å². The van der Waals surface area contributed by atoms with E-state index in [1.165, 1.54) is 30.3 Å². The van der Waals surface area contributed by atoms with Crippen molar-refractivity contribution in [2.24, 2.45) is 27.0 Å². The predicted molar refractivity (Wildman–Crippen MR) is 106 cm³/mol. The zero-order chi connectivity index (χ0) is 18.5. The van der Waals surface area contributed by atoms with E-state index >= 15 is 0 Å². The number of carbonyl (C=O) groups excluding carboxylic acids is 1. The molecule has 1 saturated heterocycles. The van der Waals surface area contributed by atoms with Crippen molar-refractivity contribution in [2.45, 2.75) is 53.5 Å². The van der Waals surface area contributed by atoms with E-state index < -0.39 is 0 Å². The molecule has 26 heavy (non-hydrogen) atoms. The number of amidine groups is 1. The molecule has 3 aliphatic rings. The topological polar surface area (TPSA) is 71.6 Å². The van der Waals surface area contributed by atoms with E-state index in [1.54, 1.807) is 6.20 Å². The van der Waals surface area contributed by atoms with Crippen LogP contribution in [-0.4, -0.2) is 26.6 Å². The first-order chi connectivity index (χ1) is 12.3. The van der Waals surface area contributed by atoms with Gasteiger partial charge < -0.3 is 0 Å². The maximum absolute atomic E-state index is 12.2. The van der Waals surface area contributed by atoms with Gasteiger partial charge in [-0.1, -0.05) is 20.8 Å². The smallest absolute Gasteiger partial charge is 0.264 e. The fraction of sp³-hybridized carbons (Fsp3) is 0.579. The molecule has 1 aromatic rings. The van der Waals surface area contributed by atoms with Crippen LogP contribution in [0.1, 0.15) is 52.5 Å². The van der Waals surface area contributed by atoms with E-state index in [0.29, 0.717) is 16.0 Å². The Bertz CT molecular complexity index is 850. The quantitative estimate of drug-likeness (QED) is 0.651. The Balaban J connectivity index is 1.52. The van der Waals surface area contributed by atoms with Gasteiger partial charge in [0.2, 0.25) is 0 Å². The first kappa shape index (κ1) is 17.5. The van der Waals surface area contributed by atoms with Crippen LogP contribution in [0.3, 0.4) is 0 Å². The van der Waals surface area contributed by atoms with Crippen LogP contribution in [0.15, 0.2) is 27.5 Å². The van der Waals surface area contributed by atoms with Gasteiger partial charge in [0.15, 0.2) is 5.17 Å². The molecule has 7 heteroatoms. The zero-order valence-electron chi connectivity index (χ0n) is 15.7. The van der Waals surface area contributed by atoms with Crippen LogP contribution in [0.4, 0.5) is 0 Å². The first-order valence-corrected chi connectivity index (χ1v) is 10.0. The van der Waals surface area contributed by atoms with Gasteiger partial charge >= 0.3 is 0 Å². The molecular weight excluding hydrogens is 346 g/mol. The molecule has 1 amide bonds. The van der Waals surface area contributed by atoms with Crippen LogP contribution in [0, 0.1) is 16.7 Å². The molecule has 6 nitrogen and oxygen atoms in total. The highest BCUT2D eigenvalue weighted by Crippen LogP contribution is 2.64. The number of nitrogens with zero attached hydrogens (tertiary/aromatic N) is 4. The third kappa shape index (κ3) is 2.64. The largest absolute Gasteiger partial charge is 0.299 e. The van der Waals surface area contributed by atoms with Crippen LogP contribution in [-0.2, 0) is 11.3 Å². The van der Waals surface area contributed by atoms with E-state index in [0.717, 1.165) is 18.5 Å². The van der Waals surface area contributed by atoms with Gasteiger partial charge in [0.1, 0.15) is 0 Å². The van der Waals surface area contributed by atoms with Crippen LogP contribution in [0.25, 0.3) is 6.08 Å². The molecule has 0 radical (unpaired) electrons. The second kappa shape index (κ2) is 6.08. The number of rotatable bonds is 3. The van der Waals surface area contributed by atoms with Crippen molar-refractivity contribution in [1.29, 1.82) is 0 Å². The highest BCUT2D eigenvalue weighted by Gasteiger charge is 2.60. The molecule has 2 atom stereocenters. The van der Waals surface area contributed by atoms with E-state index in [-0.39, 0.29) is 16.7 Å². The lowest BCUT2D eigenvalue weighted by molar-refractivity contribution is -0.115. The Kier molecular flexibility index (Phi) is 4.10. The number of carbonyl (C=O) groups is 1. The maximum Gasteiger partial charge on any atom is 0.264 e. The van der Waals surface area contributed by atoms with E-state index in [9.17, 15) is 4.79 Å². The molecule has 4 rings (SSSR count). The molecule has 2 saturated carbocycles. The Morgan fingerprint density at radius 3 is 2.85 bits per heavy atom. The minimum Gasteiger partial charge on any atom is -0.299 e. The molecule has 3 fully saturated rings. The minimum atomic E-state index is -0.127. The van der Waals surface area contributed by atoms with Gasteiger partial charge in [-0.2, -0.15) is 10.2 Å². The summed E-state index contributed by atoms with van der Waals surface area (Å²) in [6.45, 7) is 9.86. The molecule has 1 N–H and O–H groups in total. The number of hydrogen-bond acceptors (Lipinski definition) is 5. The number of hydrogen-bond donors (Lipinski definition) is 1. The summed E-state index contributed by atoms with van der Waals surface area (Å²) in [5.41, 5.74) is 2.51. The lowest BCUT2D eigenvalue weighted by Gasteiger charge is -2.34. The minimum absolute atomic E-state index is 0.127. The summed E-state index contributed by atoms with van der Waals surface area (Å²) in [6.07, 6.45) is 9.02. The first-order valence-electron chi connectivity index (χ1n) is 9.22. The highest BCUT2D eigenvalue weighted by atomic mass is 32.2. The van der Waals surface area contributed by atoms with Crippen molar-refractivity contribution in [2.75, 3.05) is 0 Å². The molecule has 2 unspecified atom stereocenters. The molecule has 1 aromatic heterocycles. The highest BCUT2D eigenvalue weighted by molar-refractivity contribution is 8.18. The summed E-state index contributed by atoms with van der Waals surface area (Å²) >= 11 is 1.34. The normalized spacial score (nSPS) is 34.4. The predicted octanol–water partition coefficient (Wildman–Crippen LogP) is 3.67. The summed E-state index contributed by atoms with van der Waals surface area (Å²) in [5, 5.41) is 16.6. The maximum atomic E-state index is 12.2. The Morgan fingerprint density at radius 1 is 1.42 bits per heavy atom. The monoisotopic (exact) mass is 371 g/mol. The van der Waals surface area contributed by atoms with E-state index in [2.05, 4.69) is 41.4 Å². The van der Waals surface area contributed by atoms with Gasteiger partial charge in [0, 0.05) is 29.4 Å². The lowest BCUT2D eigenvalue weighted by Crippen LogP contribution is -2.32. The number of nitrogens with one attached hydrogen (secondary N) is 1. The van der Waals surface area contributed by atoms with Crippen molar-refractivity contribution in [1.82, 2.24) is 15.1 Å². The SMILES string of the molecule is CCn1cc(C=C2S/C(=N\N=C3CC4CCC3(C)C4(C)C)NC2=O)cn1. The average molecular weight is 372 g/mol. The van der Waals surface area contributed by atoms with Gasteiger partial charge in [0.25, 0.3) is 5.91 Å². The van der Waals surface area contributed by atoms with Gasteiger partial charge in [-0.3, -0.25) is 14.8 Å². The van der Waals surface area contributed by atoms with Crippen molar-refractivity contribution in [3.8, 4) is 0 Å². The fourth-order valence-corrected chi connectivity index (χ4v) is 5.21. The lowest BCUT2D eigenvalue weighted by atomic mass is 9.70. The fourth-order valence-electron chi connectivity index (χ4n) is 4.44. The van der Waals surface area contributed by atoms with Gasteiger partial charge in [0.05, 0.1) is 11.1 Å². The number of thioether (sulfide) groups is 1. The molecular formula is C19H25N5OS. The van der Waals surface area contributed by atoms with Crippen molar-refractivity contribution in [3.05, 3.63) is 22.9 Å². The number of aryl methyl sites for hydroxylation is 1. The Hall–Kier alpha value is -1.89. The van der Waals surface area contributed by atoms with Crippen LogP contribution < -0.4 is 5.32 Å². The van der Waals surface area contributed by atoms with E-state index in [4.69, 9.17) is 0 Å². The summed E-state index contributed by atoms with van der Waals surface area (Å²) in [4.78, 5) is 12.8. The Labute approximate surface area is 158 Å². The van der Waals surface area contributed by atoms with Crippen LogP contribution in [0.2, 0.25) is 0 Å². The standard InChI is InChI=1S/C19H25N5OS/c1-5-24-11-12(10-20-24)8-14-16(25)21-17(26-14)23-22-15-9-13-6-7-19(15,4)18(13,2)3/h8,10-11,13H,5-7,9H2,1-4H3,(H,21,23,25). The summed E-state index contributed by atoms with van der Waals surface area (Å²) < 4.78 is 1.84. The number of aromatic nitrogens is 2. The van der Waals surface area contributed by atoms with Gasteiger partial charge in [-0.25, -0.2) is 0 Å². The summed E-state index contributed by atoms with van der Waals surface area (Å²) in [5.74, 6) is 0.570. The molecule has 138 valence electrons. The summed E-state index contributed by atoms with van der Waals surface area (Å²) in [6, 6.07) is 0. The van der Waals surface area contributed by atoms with Crippen LogP contribution >= 0.6 is 11.8 Å². The van der Waals surface area contributed by atoms with Crippen molar-refractivity contribution < 1.29 is 4.79 Å². The third-order valence-electron chi connectivity index (χ3n) is 6.70. The van der Waals surface area contributed by atoms with E-state index in [1.807, 2.05) is 23.9 Å². The molecule has 2 bridgehead atoms. The second-order valence-electron chi connectivity index (χ2n) is 8.14. The zero-order valence-corrected chi connectivity index (χ0v) is 16.6. The third-order valence-corrected chi connectivity index (χ3v) is 7.60. The average Bonchev–Trinajstić information content (AvgIpc) is 3.29. The van der Waals surface area contributed by atoms with Crippen molar-refractivity contribution >= 4 is 34.6 Å². The number of fused-ring (bicyclic) bond motifs is 2. The molecule has 0 spiro atoms. The molecule has 0 aromatic carbocycles.